The molecule has 1 aliphatic carbocycles. The van der Waals surface area contributed by atoms with E-state index in [4.69, 9.17) is 4.74 Å². The molecule has 1 saturated carbocycles. The predicted octanol–water partition coefficient (Wildman–Crippen LogP) is 2.01. The summed E-state index contributed by atoms with van der Waals surface area (Å²) in [6.07, 6.45) is 12.3. The second-order valence-corrected chi connectivity index (χ2v) is 9.75. The normalized spacial score (nSPS) is 24.7. The van der Waals surface area contributed by atoms with Crippen molar-refractivity contribution in [2.75, 3.05) is 75.4 Å². The number of anilines is 2. The first-order valence-electron chi connectivity index (χ1n) is 12.7. The summed E-state index contributed by atoms with van der Waals surface area (Å²) >= 11 is 0. The maximum Gasteiger partial charge on any atom is 0.225 e. The van der Waals surface area contributed by atoms with Crippen LogP contribution < -0.4 is 9.80 Å². The molecule has 3 aliphatic heterocycles. The Hall–Kier alpha value is -1.93. The van der Waals surface area contributed by atoms with Crippen LogP contribution in [0.1, 0.15) is 44.9 Å². The summed E-state index contributed by atoms with van der Waals surface area (Å²) in [5.74, 6) is 1.54. The molecular formula is C24H38N6O2. The van der Waals surface area contributed by atoms with Crippen molar-refractivity contribution in [3.8, 4) is 0 Å². The van der Waals surface area contributed by atoms with Gasteiger partial charge < -0.3 is 19.4 Å². The van der Waals surface area contributed by atoms with Gasteiger partial charge in [-0.1, -0.05) is 19.3 Å². The number of ether oxygens (including phenoxy) is 1. The third-order valence-electron chi connectivity index (χ3n) is 7.89. The molecule has 32 heavy (non-hydrogen) atoms. The number of morpholine rings is 1. The molecule has 1 aromatic rings. The summed E-state index contributed by atoms with van der Waals surface area (Å²) in [5, 5.41) is 0. The molecule has 0 bridgehead atoms. The van der Waals surface area contributed by atoms with Gasteiger partial charge in [-0.15, -0.1) is 0 Å². The zero-order valence-corrected chi connectivity index (χ0v) is 19.3. The van der Waals surface area contributed by atoms with E-state index >= 15 is 0 Å². The molecule has 0 unspecified atom stereocenters. The topological polar surface area (TPSA) is 65.0 Å². The summed E-state index contributed by atoms with van der Waals surface area (Å²) < 4.78 is 5.50. The number of piperidine rings is 1. The predicted molar refractivity (Wildman–Crippen MR) is 125 cm³/mol. The van der Waals surface area contributed by atoms with Crippen LogP contribution in [-0.4, -0.2) is 97.3 Å². The zero-order chi connectivity index (χ0) is 21.8. The van der Waals surface area contributed by atoms with Gasteiger partial charge in [-0.3, -0.25) is 9.69 Å². The SMILES string of the molecule is O=C(C1CCN(c2cncnc2N2CCOCC2)CC1)N1CCN(C2CCCCC2)CC1. The van der Waals surface area contributed by atoms with Crippen molar-refractivity contribution in [1.29, 1.82) is 0 Å². The highest BCUT2D eigenvalue weighted by atomic mass is 16.5. The number of carbonyl (C=O) groups is 1. The molecule has 0 atom stereocenters. The fourth-order valence-electron chi connectivity index (χ4n) is 5.94. The minimum absolute atomic E-state index is 0.156. The molecule has 3 saturated heterocycles. The van der Waals surface area contributed by atoms with Crippen LogP contribution in [-0.2, 0) is 9.53 Å². The first kappa shape index (κ1) is 21.9. The molecule has 8 heteroatoms. The number of rotatable bonds is 4. The minimum Gasteiger partial charge on any atom is -0.378 e. The Morgan fingerprint density at radius 1 is 0.844 bits per heavy atom. The molecule has 0 N–H and O–H groups in total. The fraction of sp³-hybridized carbons (Fsp3) is 0.792. The van der Waals surface area contributed by atoms with Crippen molar-refractivity contribution >= 4 is 17.4 Å². The highest BCUT2D eigenvalue weighted by Crippen LogP contribution is 2.31. The van der Waals surface area contributed by atoms with Crippen LogP contribution in [0.25, 0.3) is 0 Å². The summed E-state index contributed by atoms with van der Waals surface area (Å²) in [6, 6.07) is 0.762. The van der Waals surface area contributed by atoms with Crippen LogP contribution in [0.3, 0.4) is 0 Å². The second-order valence-electron chi connectivity index (χ2n) is 9.75. The third kappa shape index (κ3) is 4.86. The van der Waals surface area contributed by atoms with Crippen LogP contribution in [0.2, 0.25) is 0 Å². The molecule has 176 valence electrons. The quantitative estimate of drug-likeness (QED) is 0.707. The van der Waals surface area contributed by atoms with Crippen LogP contribution in [0.4, 0.5) is 11.5 Å². The minimum atomic E-state index is 0.156. The molecule has 8 nitrogen and oxygen atoms in total. The summed E-state index contributed by atoms with van der Waals surface area (Å²) in [4.78, 5) is 31.6. The highest BCUT2D eigenvalue weighted by Gasteiger charge is 2.33. The molecule has 0 aromatic carbocycles. The zero-order valence-electron chi connectivity index (χ0n) is 19.3. The van der Waals surface area contributed by atoms with E-state index in [-0.39, 0.29) is 5.92 Å². The lowest BCUT2D eigenvalue weighted by atomic mass is 9.93. The molecule has 4 aliphatic rings. The fourth-order valence-corrected chi connectivity index (χ4v) is 5.94. The van der Waals surface area contributed by atoms with Crippen molar-refractivity contribution in [3.63, 3.8) is 0 Å². The second kappa shape index (κ2) is 10.3. The summed E-state index contributed by atoms with van der Waals surface area (Å²) in [6.45, 7) is 8.93. The van der Waals surface area contributed by atoms with Gasteiger partial charge in [0.05, 0.1) is 25.1 Å². The van der Waals surface area contributed by atoms with E-state index in [9.17, 15) is 4.79 Å². The first-order valence-corrected chi connectivity index (χ1v) is 12.7. The largest absolute Gasteiger partial charge is 0.378 e. The number of aromatic nitrogens is 2. The van der Waals surface area contributed by atoms with E-state index in [1.807, 2.05) is 6.20 Å². The number of nitrogens with zero attached hydrogens (tertiary/aromatic N) is 6. The van der Waals surface area contributed by atoms with E-state index in [0.717, 1.165) is 96.0 Å². The van der Waals surface area contributed by atoms with Gasteiger partial charge >= 0.3 is 0 Å². The van der Waals surface area contributed by atoms with Gasteiger partial charge in [-0.25, -0.2) is 9.97 Å². The van der Waals surface area contributed by atoms with Gasteiger partial charge in [0.15, 0.2) is 5.82 Å². The molecule has 0 spiro atoms. The number of hydrogen-bond acceptors (Lipinski definition) is 7. The maximum atomic E-state index is 13.2. The lowest BCUT2D eigenvalue weighted by molar-refractivity contribution is -0.138. The van der Waals surface area contributed by atoms with E-state index in [2.05, 4.69) is 29.6 Å². The van der Waals surface area contributed by atoms with Crippen molar-refractivity contribution in [3.05, 3.63) is 12.5 Å². The number of piperazine rings is 1. The number of hydrogen-bond donors (Lipinski definition) is 0. The molecule has 0 radical (unpaired) electrons. The van der Waals surface area contributed by atoms with Crippen molar-refractivity contribution in [2.45, 2.75) is 51.0 Å². The van der Waals surface area contributed by atoms with E-state index < -0.39 is 0 Å². The molecule has 5 rings (SSSR count). The van der Waals surface area contributed by atoms with Crippen LogP contribution in [0.5, 0.6) is 0 Å². The van der Waals surface area contributed by atoms with E-state index in [1.54, 1.807) is 6.33 Å². The molecule has 4 heterocycles. The molecular weight excluding hydrogens is 404 g/mol. The lowest BCUT2D eigenvalue weighted by Gasteiger charge is -2.42. The maximum absolute atomic E-state index is 13.2. The Labute approximate surface area is 191 Å². The van der Waals surface area contributed by atoms with E-state index in [0.29, 0.717) is 5.91 Å². The number of carbonyl (C=O) groups excluding carboxylic acids is 1. The summed E-state index contributed by atoms with van der Waals surface area (Å²) in [7, 11) is 0. The van der Waals surface area contributed by atoms with Gasteiger partial charge in [0.1, 0.15) is 6.33 Å². The van der Waals surface area contributed by atoms with Gasteiger partial charge in [-0.05, 0) is 25.7 Å². The lowest BCUT2D eigenvalue weighted by Crippen LogP contribution is -2.54. The van der Waals surface area contributed by atoms with E-state index in [1.165, 1.54) is 32.1 Å². The van der Waals surface area contributed by atoms with Gasteiger partial charge in [0.2, 0.25) is 5.91 Å². The molecule has 1 amide bonds. The van der Waals surface area contributed by atoms with Crippen molar-refractivity contribution in [1.82, 2.24) is 19.8 Å². The summed E-state index contributed by atoms with van der Waals surface area (Å²) in [5.41, 5.74) is 1.10. The van der Waals surface area contributed by atoms with Crippen LogP contribution >= 0.6 is 0 Å². The Morgan fingerprint density at radius 2 is 1.56 bits per heavy atom. The van der Waals surface area contributed by atoms with Crippen LogP contribution in [0.15, 0.2) is 12.5 Å². The van der Waals surface area contributed by atoms with Gasteiger partial charge in [0, 0.05) is 64.3 Å². The monoisotopic (exact) mass is 442 g/mol. The Balaban J connectivity index is 1.13. The third-order valence-corrected chi connectivity index (χ3v) is 7.89. The highest BCUT2D eigenvalue weighted by molar-refractivity contribution is 5.79. The smallest absolute Gasteiger partial charge is 0.225 e. The average Bonchev–Trinajstić information content (AvgIpc) is 2.89. The van der Waals surface area contributed by atoms with Crippen LogP contribution in [0, 0.1) is 5.92 Å². The molecule has 4 fully saturated rings. The number of amides is 1. The van der Waals surface area contributed by atoms with Crippen molar-refractivity contribution in [2.24, 2.45) is 5.92 Å². The molecule has 1 aromatic heterocycles. The van der Waals surface area contributed by atoms with Crippen molar-refractivity contribution < 1.29 is 9.53 Å². The first-order chi connectivity index (χ1) is 15.8. The standard InChI is InChI=1S/C24H38N6O2/c31-24(30-12-10-27(11-13-30)21-4-2-1-3-5-21)20-6-8-28(9-7-20)22-18-25-19-26-23(22)29-14-16-32-17-15-29/h18-21H,1-17H2. The van der Waals surface area contributed by atoms with Gasteiger partial charge in [-0.2, -0.15) is 0 Å². The Bertz CT molecular complexity index is 749. The average molecular weight is 443 g/mol. The Kier molecular flexibility index (Phi) is 7.07. The van der Waals surface area contributed by atoms with Gasteiger partial charge in [0.25, 0.3) is 0 Å². The Morgan fingerprint density at radius 3 is 2.28 bits per heavy atom.